The molecule has 0 spiro atoms. The zero-order chi connectivity index (χ0) is 16.9. The van der Waals surface area contributed by atoms with Crippen LogP contribution >= 0.6 is 0 Å². The number of aromatic nitrogens is 3. The maximum atomic E-state index is 5.93. The second-order valence-electron chi connectivity index (χ2n) is 5.78. The molecule has 24 heavy (non-hydrogen) atoms. The fourth-order valence-electron chi connectivity index (χ4n) is 2.56. The van der Waals surface area contributed by atoms with E-state index in [1.165, 1.54) is 5.56 Å². The first-order valence-corrected chi connectivity index (χ1v) is 7.83. The lowest BCUT2D eigenvalue weighted by Crippen LogP contribution is -2.33. The maximum Gasteiger partial charge on any atom is 0.223 e. The number of fused-ring (bicyclic) bond motifs is 1. The summed E-state index contributed by atoms with van der Waals surface area (Å²) in [6.45, 7) is 3.10. The molecule has 0 saturated carbocycles. The molecule has 0 aliphatic rings. The number of aryl methyl sites for hydroxylation is 1. The molecule has 0 radical (unpaired) electrons. The minimum atomic E-state index is -0.108. The van der Waals surface area contributed by atoms with Gasteiger partial charge in [-0.25, -0.2) is 9.97 Å². The van der Waals surface area contributed by atoms with Gasteiger partial charge in [0.2, 0.25) is 5.95 Å². The highest BCUT2D eigenvalue weighted by Gasteiger charge is 2.09. The van der Waals surface area contributed by atoms with E-state index in [-0.39, 0.29) is 6.04 Å². The molecule has 0 aliphatic heterocycles. The van der Waals surface area contributed by atoms with Crippen LogP contribution in [-0.4, -0.2) is 41.3 Å². The van der Waals surface area contributed by atoms with Crippen molar-refractivity contribution >= 4 is 16.9 Å². The Balaban J connectivity index is 1.94. The van der Waals surface area contributed by atoms with Crippen molar-refractivity contribution in [3.8, 4) is 11.1 Å². The number of hydrogen-bond acceptors (Lipinski definition) is 6. The van der Waals surface area contributed by atoms with Crippen molar-refractivity contribution in [2.75, 3.05) is 25.6 Å². The number of pyridine rings is 1. The standard InChI is InChI=1S/C18H21N5O/c1-12-4-3-5-13(6-12)16-10-20-7-14-8-21-18(23-17(14)16)22-9-15(19)11-24-2/h3-8,10,15H,9,11,19H2,1-2H3,(H,21,22,23). The fourth-order valence-corrected chi connectivity index (χ4v) is 2.56. The van der Waals surface area contributed by atoms with Gasteiger partial charge in [0, 0.05) is 49.2 Å². The van der Waals surface area contributed by atoms with Gasteiger partial charge in [0.1, 0.15) is 0 Å². The Labute approximate surface area is 141 Å². The van der Waals surface area contributed by atoms with Crippen LogP contribution in [0.25, 0.3) is 22.0 Å². The van der Waals surface area contributed by atoms with Crippen molar-refractivity contribution in [1.29, 1.82) is 0 Å². The molecule has 124 valence electrons. The molecule has 2 aromatic heterocycles. The quantitative estimate of drug-likeness (QED) is 0.724. The molecule has 0 bridgehead atoms. The van der Waals surface area contributed by atoms with Crippen LogP contribution in [0.5, 0.6) is 0 Å². The van der Waals surface area contributed by atoms with Gasteiger partial charge in [-0.1, -0.05) is 29.8 Å². The Morgan fingerprint density at radius 3 is 2.92 bits per heavy atom. The van der Waals surface area contributed by atoms with Crippen LogP contribution in [0, 0.1) is 6.92 Å². The van der Waals surface area contributed by atoms with Gasteiger partial charge in [0.15, 0.2) is 0 Å². The third-order valence-electron chi connectivity index (χ3n) is 3.72. The molecule has 1 unspecified atom stereocenters. The number of anilines is 1. The predicted molar refractivity (Wildman–Crippen MR) is 95.8 cm³/mol. The van der Waals surface area contributed by atoms with Crippen molar-refractivity contribution in [2.24, 2.45) is 5.73 Å². The van der Waals surface area contributed by atoms with E-state index in [1.807, 2.05) is 12.3 Å². The molecular formula is C18H21N5O. The first-order valence-electron chi connectivity index (χ1n) is 7.83. The molecule has 3 aromatic rings. The maximum absolute atomic E-state index is 5.93. The Bertz CT molecular complexity index is 837. The Morgan fingerprint density at radius 2 is 2.12 bits per heavy atom. The number of ether oxygens (including phenoxy) is 1. The average Bonchev–Trinajstić information content (AvgIpc) is 2.59. The molecule has 0 saturated heterocycles. The molecule has 3 N–H and O–H groups in total. The van der Waals surface area contributed by atoms with Crippen molar-refractivity contribution < 1.29 is 4.74 Å². The van der Waals surface area contributed by atoms with E-state index < -0.39 is 0 Å². The minimum absolute atomic E-state index is 0.108. The second kappa shape index (κ2) is 7.33. The summed E-state index contributed by atoms with van der Waals surface area (Å²) < 4.78 is 5.04. The zero-order valence-electron chi connectivity index (χ0n) is 13.9. The van der Waals surface area contributed by atoms with Crippen molar-refractivity contribution in [3.63, 3.8) is 0 Å². The first-order chi connectivity index (χ1) is 11.7. The highest BCUT2D eigenvalue weighted by atomic mass is 16.5. The Hall–Kier alpha value is -2.57. The number of rotatable bonds is 6. The van der Waals surface area contributed by atoms with Gasteiger partial charge in [0.05, 0.1) is 12.1 Å². The first kappa shape index (κ1) is 16.3. The zero-order valence-corrected chi connectivity index (χ0v) is 13.9. The number of hydrogen-bond donors (Lipinski definition) is 2. The smallest absolute Gasteiger partial charge is 0.223 e. The van der Waals surface area contributed by atoms with E-state index in [1.54, 1.807) is 19.5 Å². The van der Waals surface area contributed by atoms with E-state index in [4.69, 9.17) is 10.5 Å². The monoisotopic (exact) mass is 323 g/mol. The van der Waals surface area contributed by atoms with Crippen LogP contribution < -0.4 is 11.1 Å². The summed E-state index contributed by atoms with van der Waals surface area (Å²) >= 11 is 0. The summed E-state index contributed by atoms with van der Waals surface area (Å²) in [4.78, 5) is 13.3. The highest BCUT2D eigenvalue weighted by Crippen LogP contribution is 2.27. The largest absolute Gasteiger partial charge is 0.383 e. The van der Waals surface area contributed by atoms with Gasteiger partial charge < -0.3 is 15.8 Å². The van der Waals surface area contributed by atoms with Gasteiger partial charge in [-0.15, -0.1) is 0 Å². The summed E-state index contributed by atoms with van der Waals surface area (Å²) in [6.07, 6.45) is 5.39. The van der Waals surface area contributed by atoms with Gasteiger partial charge in [-0.3, -0.25) is 4.98 Å². The molecule has 1 aromatic carbocycles. The molecule has 0 fully saturated rings. The number of nitrogens with zero attached hydrogens (tertiary/aromatic N) is 3. The van der Waals surface area contributed by atoms with E-state index in [0.29, 0.717) is 19.1 Å². The average molecular weight is 323 g/mol. The van der Waals surface area contributed by atoms with Crippen molar-refractivity contribution in [2.45, 2.75) is 13.0 Å². The summed E-state index contributed by atoms with van der Waals surface area (Å²) in [6, 6.07) is 8.19. The highest BCUT2D eigenvalue weighted by molar-refractivity contribution is 5.92. The normalized spacial score (nSPS) is 12.3. The Kier molecular flexibility index (Phi) is 4.98. The molecular weight excluding hydrogens is 302 g/mol. The number of nitrogens with one attached hydrogen (secondary N) is 1. The van der Waals surface area contributed by atoms with Crippen LogP contribution in [0.15, 0.2) is 42.9 Å². The van der Waals surface area contributed by atoms with E-state index in [9.17, 15) is 0 Å². The van der Waals surface area contributed by atoms with Crippen LogP contribution in [0.4, 0.5) is 5.95 Å². The SMILES string of the molecule is COCC(N)CNc1ncc2cncc(-c3cccc(C)c3)c2n1. The third-order valence-corrected chi connectivity index (χ3v) is 3.72. The van der Waals surface area contributed by atoms with Crippen LogP contribution in [0.1, 0.15) is 5.56 Å². The summed E-state index contributed by atoms with van der Waals surface area (Å²) in [5.41, 5.74) is 10.1. The minimum Gasteiger partial charge on any atom is -0.383 e. The molecule has 0 amide bonds. The predicted octanol–water partition coefficient (Wildman–Crippen LogP) is 2.39. The van der Waals surface area contributed by atoms with Crippen LogP contribution in [0.2, 0.25) is 0 Å². The summed E-state index contributed by atoms with van der Waals surface area (Å²) in [5, 5.41) is 4.07. The van der Waals surface area contributed by atoms with E-state index >= 15 is 0 Å². The molecule has 3 rings (SSSR count). The number of nitrogens with two attached hydrogens (primary N) is 1. The molecule has 0 aliphatic carbocycles. The van der Waals surface area contributed by atoms with Crippen LogP contribution in [0.3, 0.4) is 0 Å². The molecule has 1 atom stereocenters. The topological polar surface area (TPSA) is 86.0 Å². The van der Waals surface area contributed by atoms with Crippen LogP contribution in [-0.2, 0) is 4.74 Å². The van der Waals surface area contributed by atoms with Gasteiger partial charge in [-0.05, 0) is 12.5 Å². The third kappa shape index (κ3) is 3.67. The fraction of sp³-hybridized carbons (Fsp3) is 0.278. The van der Waals surface area contributed by atoms with Gasteiger partial charge >= 0.3 is 0 Å². The summed E-state index contributed by atoms with van der Waals surface area (Å²) in [7, 11) is 1.63. The molecule has 2 heterocycles. The lowest BCUT2D eigenvalue weighted by molar-refractivity contribution is 0.183. The van der Waals surface area contributed by atoms with Gasteiger partial charge in [0.25, 0.3) is 0 Å². The number of methoxy groups -OCH3 is 1. The van der Waals surface area contributed by atoms with Crippen molar-refractivity contribution in [3.05, 3.63) is 48.4 Å². The van der Waals surface area contributed by atoms with E-state index in [0.717, 1.165) is 22.0 Å². The van der Waals surface area contributed by atoms with Crippen molar-refractivity contribution in [1.82, 2.24) is 15.0 Å². The lowest BCUT2D eigenvalue weighted by atomic mass is 10.0. The molecule has 6 nitrogen and oxygen atoms in total. The molecule has 6 heteroatoms. The van der Waals surface area contributed by atoms with Gasteiger partial charge in [-0.2, -0.15) is 0 Å². The van der Waals surface area contributed by atoms with E-state index in [2.05, 4.69) is 45.4 Å². The Morgan fingerprint density at radius 1 is 1.25 bits per heavy atom. The second-order valence-corrected chi connectivity index (χ2v) is 5.78. The summed E-state index contributed by atoms with van der Waals surface area (Å²) in [5.74, 6) is 0.550. The number of benzene rings is 1. The lowest BCUT2D eigenvalue weighted by Gasteiger charge is -2.12.